The number of carbonyl (C=O) groups excluding carboxylic acids is 1. The molecule has 1 aromatic heterocycles. The van der Waals surface area contributed by atoms with Gasteiger partial charge in [-0.25, -0.2) is 8.42 Å². The Labute approximate surface area is 236 Å². The molecule has 210 valence electrons. The van der Waals surface area contributed by atoms with Crippen LogP contribution < -0.4 is 4.74 Å². The van der Waals surface area contributed by atoms with Crippen LogP contribution in [0.1, 0.15) is 53.8 Å². The lowest BCUT2D eigenvalue weighted by Crippen LogP contribution is -2.48. The van der Waals surface area contributed by atoms with Gasteiger partial charge in [0.15, 0.2) is 0 Å². The lowest BCUT2D eigenvalue weighted by Gasteiger charge is -2.37. The van der Waals surface area contributed by atoms with Crippen molar-refractivity contribution in [3.05, 3.63) is 81.5 Å². The Hall–Kier alpha value is -2.72. The first kappa shape index (κ1) is 29.3. The summed E-state index contributed by atoms with van der Waals surface area (Å²) in [6, 6.07) is 16.5. The van der Waals surface area contributed by atoms with Crippen molar-refractivity contribution in [3.63, 3.8) is 0 Å². The highest BCUT2D eigenvalue weighted by Crippen LogP contribution is 2.34. The molecule has 0 saturated carbocycles. The van der Waals surface area contributed by atoms with E-state index in [2.05, 4.69) is 32.0 Å². The number of benzene rings is 2. The Morgan fingerprint density at radius 2 is 1.82 bits per heavy atom. The quantitative estimate of drug-likeness (QED) is 0.272. The second-order valence-electron chi connectivity index (χ2n) is 10.2. The first-order valence-electron chi connectivity index (χ1n) is 13.3. The molecule has 0 spiro atoms. The SMILES string of the molecule is COCCCN(CC(=O)N1CCc2sccc2[C@@H]1COc1ccc(C(C)C)cc1)S(=O)(=O)c1ccc(C)cc1. The van der Waals surface area contributed by atoms with Crippen LogP contribution in [0.5, 0.6) is 5.75 Å². The summed E-state index contributed by atoms with van der Waals surface area (Å²) in [5.41, 5.74) is 3.28. The van der Waals surface area contributed by atoms with Crippen molar-refractivity contribution in [2.75, 3.05) is 40.0 Å². The van der Waals surface area contributed by atoms with Crippen molar-refractivity contribution >= 4 is 27.3 Å². The van der Waals surface area contributed by atoms with Crippen LogP contribution in [0.4, 0.5) is 0 Å². The maximum atomic E-state index is 13.8. The molecule has 9 heteroatoms. The van der Waals surface area contributed by atoms with Crippen molar-refractivity contribution in [2.24, 2.45) is 0 Å². The third-order valence-corrected chi connectivity index (χ3v) is 9.95. The van der Waals surface area contributed by atoms with Gasteiger partial charge in [-0.2, -0.15) is 4.31 Å². The van der Waals surface area contributed by atoms with Gasteiger partial charge in [0.05, 0.1) is 17.5 Å². The molecule has 39 heavy (non-hydrogen) atoms. The average molecular weight is 571 g/mol. The Kier molecular flexibility index (Phi) is 9.82. The van der Waals surface area contributed by atoms with Gasteiger partial charge in [-0.05, 0) is 72.5 Å². The molecule has 0 aliphatic carbocycles. The molecule has 1 aliphatic rings. The van der Waals surface area contributed by atoms with Gasteiger partial charge in [-0.15, -0.1) is 11.3 Å². The predicted octanol–water partition coefficient (Wildman–Crippen LogP) is 5.41. The van der Waals surface area contributed by atoms with E-state index in [9.17, 15) is 13.2 Å². The number of hydrogen-bond donors (Lipinski definition) is 0. The lowest BCUT2D eigenvalue weighted by atomic mass is 10.0. The van der Waals surface area contributed by atoms with Gasteiger partial charge < -0.3 is 14.4 Å². The molecule has 0 N–H and O–H groups in total. The van der Waals surface area contributed by atoms with Gasteiger partial charge >= 0.3 is 0 Å². The summed E-state index contributed by atoms with van der Waals surface area (Å²) in [5.74, 6) is 0.947. The zero-order valence-corrected chi connectivity index (χ0v) is 24.8. The number of rotatable bonds is 12. The molecule has 0 unspecified atom stereocenters. The molecular weight excluding hydrogens is 532 g/mol. The molecule has 2 heterocycles. The van der Waals surface area contributed by atoms with E-state index in [-0.39, 0.29) is 29.9 Å². The van der Waals surface area contributed by atoms with Gasteiger partial charge in [0.25, 0.3) is 0 Å². The molecule has 0 bridgehead atoms. The minimum atomic E-state index is -3.86. The molecular formula is C30H38N2O5S2. The zero-order valence-electron chi connectivity index (χ0n) is 23.1. The normalized spacial score (nSPS) is 15.5. The van der Waals surface area contributed by atoms with Crippen molar-refractivity contribution in [1.82, 2.24) is 9.21 Å². The van der Waals surface area contributed by atoms with Gasteiger partial charge in [0.1, 0.15) is 12.4 Å². The molecule has 7 nitrogen and oxygen atoms in total. The third kappa shape index (κ3) is 7.08. The van der Waals surface area contributed by atoms with Crippen LogP contribution in [0.15, 0.2) is 64.9 Å². The maximum Gasteiger partial charge on any atom is 0.243 e. The maximum absolute atomic E-state index is 13.8. The smallest absolute Gasteiger partial charge is 0.243 e. The number of thiophene rings is 1. The van der Waals surface area contributed by atoms with Crippen LogP contribution in [0, 0.1) is 6.92 Å². The van der Waals surface area contributed by atoms with E-state index in [4.69, 9.17) is 9.47 Å². The van der Waals surface area contributed by atoms with Crippen molar-refractivity contribution in [2.45, 2.75) is 50.5 Å². The Morgan fingerprint density at radius 1 is 1.10 bits per heavy atom. The van der Waals surface area contributed by atoms with E-state index in [0.717, 1.165) is 23.3 Å². The second kappa shape index (κ2) is 13.1. The Balaban J connectivity index is 1.54. The minimum absolute atomic E-state index is 0.182. The summed E-state index contributed by atoms with van der Waals surface area (Å²) in [4.78, 5) is 17.0. The van der Waals surface area contributed by atoms with E-state index in [0.29, 0.717) is 32.1 Å². The topological polar surface area (TPSA) is 76.2 Å². The summed E-state index contributed by atoms with van der Waals surface area (Å²) < 4.78 is 39.8. The molecule has 0 radical (unpaired) electrons. The Bertz CT molecular complexity index is 1330. The lowest BCUT2D eigenvalue weighted by molar-refractivity contribution is -0.135. The first-order chi connectivity index (χ1) is 18.7. The summed E-state index contributed by atoms with van der Waals surface area (Å²) in [7, 11) is -2.28. The van der Waals surface area contributed by atoms with Crippen LogP contribution in [-0.2, 0) is 26.0 Å². The van der Waals surface area contributed by atoms with Crippen molar-refractivity contribution in [1.29, 1.82) is 0 Å². The number of nitrogens with zero attached hydrogens (tertiary/aromatic N) is 2. The van der Waals surface area contributed by atoms with Crippen molar-refractivity contribution in [3.8, 4) is 5.75 Å². The number of amides is 1. The average Bonchev–Trinajstić information content (AvgIpc) is 3.41. The number of sulfonamides is 1. The number of ether oxygens (including phenoxy) is 2. The number of carbonyl (C=O) groups is 1. The summed E-state index contributed by atoms with van der Waals surface area (Å²) >= 11 is 1.69. The van der Waals surface area contributed by atoms with Crippen LogP contribution in [0.3, 0.4) is 0 Å². The Morgan fingerprint density at radius 3 is 2.49 bits per heavy atom. The monoisotopic (exact) mass is 570 g/mol. The molecule has 1 aliphatic heterocycles. The molecule has 0 fully saturated rings. The number of aryl methyl sites for hydroxylation is 1. The number of fused-ring (bicyclic) bond motifs is 1. The van der Waals surface area contributed by atoms with E-state index >= 15 is 0 Å². The van der Waals surface area contributed by atoms with E-state index in [1.807, 2.05) is 24.4 Å². The minimum Gasteiger partial charge on any atom is -0.491 e. The highest BCUT2D eigenvalue weighted by atomic mass is 32.2. The largest absolute Gasteiger partial charge is 0.491 e. The fourth-order valence-corrected chi connectivity index (χ4v) is 7.13. The van der Waals surface area contributed by atoms with E-state index in [1.165, 1.54) is 14.7 Å². The van der Waals surface area contributed by atoms with Gasteiger partial charge in [-0.3, -0.25) is 4.79 Å². The van der Waals surface area contributed by atoms with Crippen LogP contribution in [-0.4, -0.2) is 63.5 Å². The van der Waals surface area contributed by atoms with E-state index < -0.39 is 10.0 Å². The second-order valence-corrected chi connectivity index (χ2v) is 13.1. The highest BCUT2D eigenvalue weighted by molar-refractivity contribution is 7.89. The summed E-state index contributed by atoms with van der Waals surface area (Å²) in [6.45, 7) is 7.38. The van der Waals surface area contributed by atoms with E-state index in [1.54, 1.807) is 47.6 Å². The molecule has 4 rings (SSSR count). The molecule has 0 saturated heterocycles. The molecule has 1 amide bonds. The fraction of sp³-hybridized carbons (Fsp3) is 0.433. The van der Waals surface area contributed by atoms with Crippen LogP contribution >= 0.6 is 11.3 Å². The molecule has 3 aromatic rings. The highest BCUT2D eigenvalue weighted by Gasteiger charge is 2.35. The van der Waals surface area contributed by atoms with Gasteiger partial charge in [0.2, 0.25) is 15.9 Å². The first-order valence-corrected chi connectivity index (χ1v) is 15.7. The summed E-state index contributed by atoms with van der Waals surface area (Å²) in [5, 5.41) is 2.04. The van der Waals surface area contributed by atoms with Crippen molar-refractivity contribution < 1.29 is 22.7 Å². The number of methoxy groups -OCH3 is 1. The fourth-order valence-electron chi connectivity index (χ4n) is 4.77. The molecule has 2 aromatic carbocycles. The predicted molar refractivity (Wildman–Crippen MR) is 155 cm³/mol. The van der Waals surface area contributed by atoms with Gasteiger partial charge in [-0.1, -0.05) is 43.7 Å². The van der Waals surface area contributed by atoms with Crippen LogP contribution in [0.25, 0.3) is 0 Å². The summed E-state index contributed by atoms with van der Waals surface area (Å²) in [6.07, 6.45) is 1.23. The van der Waals surface area contributed by atoms with Crippen LogP contribution in [0.2, 0.25) is 0 Å². The molecule has 1 atom stereocenters. The van der Waals surface area contributed by atoms with Gasteiger partial charge in [0, 0.05) is 31.7 Å². The third-order valence-electron chi connectivity index (χ3n) is 7.10. The standard InChI is InChI=1S/C30H38N2O5S2/c1-22(2)24-8-10-25(11-9-24)37-21-28-27-15-19-38-29(27)14-17-32(28)30(33)20-31(16-5-18-36-4)39(34,35)26-12-6-23(3)7-13-26/h6-13,15,19,22,28H,5,14,16-18,20-21H2,1-4H3/t28-/m0/s1. The number of hydrogen-bond acceptors (Lipinski definition) is 6. The zero-order chi connectivity index (χ0) is 28.0.